The SMILES string of the molecule is CCCN(C1CC1)S(=O)(=O)c1ccc(Br)c(C(=O)O)c1. The largest absolute Gasteiger partial charge is 0.478 e. The third kappa shape index (κ3) is 3.05. The molecular weight excluding hydrogens is 346 g/mol. The van der Waals surface area contributed by atoms with E-state index in [9.17, 15) is 13.2 Å². The minimum absolute atomic E-state index is 0.0402. The predicted octanol–water partition coefficient (Wildman–Crippen LogP) is 2.71. The number of carboxylic acid groups (broad SMARTS) is 1. The van der Waals surface area contributed by atoms with E-state index < -0.39 is 16.0 Å². The smallest absolute Gasteiger partial charge is 0.336 e. The van der Waals surface area contributed by atoms with Crippen LogP contribution < -0.4 is 0 Å². The molecule has 0 radical (unpaired) electrons. The number of sulfonamides is 1. The molecule has 0 spiro atoms. The Labute approximate surface area is 126 Å². The molecule has 1 aromatic carbocycles. The highest BCUT2D eigenvalue weighted by atomic mass is 79.9. The Morgan fingerprint density at radius 2 is 2.10 bits per heavy atom. The lowest BCUT2D eigenvalue weighted by molar-refractivity contribution is 0.0695. The fourth-order valence-electron chi connectivity index (χ4n) is 2.05. The second-order valence-electron chi connectivity index (χ2n) is 4.79. The lowest BCUT2D eigenvalue weighted by Crippen LogP contribution is -2.33. The van der Waals surface area contributed by atoms with Crippen LogP contribution in [-0.2, 0) is 10.0 Å². The topological polar surface area (TPSA) is 74.7 Å². The van der Waals surface area contributed by atoms with Crippen LogP contribution in [0.15, 0.2) is 27.6 Å². The van der Waals surface area contributed by atoms with E-state index in [0.717, 1.165) is 19.3 Å². The van der Waals surface area contributed by atoms with Crippen molar-refractivity contribution in [2.24, 2.45) is 0 Å². The van der Waals surface area contributed by atoms with Crippen LogP contribution in [0.2, 0.25) is 0 Å². The molecule has 0 amide bonds. The lowest BCUT2D eigenvalue weighted by atomic mass is 10.2. The molecule has 0 heterocycles. The van der Waals surface area contributed by atoms with Gasteiger partial charge < -0.3 is 5.11 Å². The van der Waals surface area contributed by atoms with Gasteiger partial charge in [-0.1, -0.05) is 6.92 Å². The van der Waals surface area contributed by atoms with E-state index >= 15 is 0 Å². The molecule has 0 aliphatic heterocycles. The Morgan fingerprint density at radius 3 is 2.60 bits per heavy atom. The Kier molecular flexibility index (Phi) is 4.51. The average molecular weight is 362 g/mol. The summed E-state index contributed by atoms with van der Waals surface area (Å²) < 4.78 is 27.1. The first kappa shape index (κ1) is 15.5. The molecule has 1 saturated carbocycles. The highest BCUT2D eigenvalue weighted by Crippen LogP contribution is 2.33. The number of rotatable bonds is 6. The summed E-state index contributed by atoms with van der Waals surface area (Å²) in [5, 5.41) is 9.08. The number of halogens is 1. The van der Waals surface area contributed by atoms with Crippen molar-refractivity contribution in [3.8, 4) is 0 Å². The molecule has 0 saturated heterocycles. The predicted molar refractivity (Wildman–Crippen MR) is 78.3 cm³/mol. The molecule has 20 heavy (non-hydrogen) atoms. The van der Waals surface area contributed by atoms with Crippen molar-refractivity contribution in [2.75, 3.05) is 6.54 Å². The molecule has 1 aliphatic carbocycles. The number of hydrogen-bond donors (Lipinski definition) is 1. The Hall–Kier alpha value is -0.920. The highest BCUT2D eigenvalue weighted by molar-refractivity contribution is 9.10. The Balaban J connectivity index is 2.42. The Bertz CT molecular complexity index is 625. The molecule has 1 N–H and O–H groups in total. The summed E-state index contributed by atoms with van der Waals surface area (Å²) in [6, 6.07) is 4.19. The molecular formula is C13H16BrNO4S. The van der Waals surface area contributed by atoms with Crippen molar-refractivity contribution in [3.05, 3.63) is 28.2 Å². The molecule has 1 aromatic rings. The van der Waals surface area contributed by atoms with Gasteiger partial charge >= 0.3 is 5.97 Å². The van der Waals surface area contributed by atoms with Gasteiger partial charge in [0.25, 0.3) is 0 Å². The second kappa shape index (κ2) is 5.83. The fourth-order valence-corrected chi connectivity index (χ4v) is 4.27. The molecule has 0 unspecified atom stereocenters. The van der Waals surface area contributed by atoms with Gasteiger partial charge in [0.1, 0.15) is 0 Å². The van der Waals surface area contributed by atoms with Crippen molar-refractivity contribution in [3.63, 3.8) is 0 Å². The first-order valence-corrected chi connectivity index (χ1v) is 8.66. The van der Waals surface area contributed by atoms with Gasteiger partial charge in [-0.3, -0.25) is 0 Å². The average Bonchev–Trinajstić information content (AvgIpc) is 3.19. The van der Waals surface area contributed by atoms with Gasteiger partial charge in [-0.15, -0.1) is 0 Å². The normalized spacial score (nSPS) is 15.6. The van der Waals surface area contributed by atoms with Crippen LogP contribution >= 0.6 is 15.9 Å². The number of carboxylic acids is 1. The van der Waals surface area contributed by atoms with Crippen molar-refractivity contribution in [2.45, 2.75) is 37.1 Å². The zero-order chi connectivity index (χ0) is 14.9. The monoisotopic (exact) mass is 361 g/mol. The van der Waals surface area contributed by atoms with Gasteiger partial charge in [-0.25, -0.2) is 13.2 Å². The minimum atomic E-state index is -3.62. The third-order valence-electron chi connectivity index (χ3n) is 3.17. The van der Waals surface area contributed by atoms with E-state index in [1.54, 1.807) is 0 Å². The van der Waals surface area contributed by atoms with Crippen LogP contribution in [0.3, 0.4) is 0 Å². The highest BCUT2D eigenvalue weighted by Gasteiger charge is 2.37. The summed E-state index contributed by atoms with van der Waals surface area (Å²) in [5.74, 6) is -1.15. The van der Waals surface area contributed by atoms with Gasteiger partial charge in [0.05, 0.1) is 10.5 Å². The van der Waals surface area contributed by atoms with Crippen LogP contribution in [0, 0.1) is 0 Å². The summed E-state index contributed by atoms with van der Waals surface area (Å²) in [4.78, 5) is 11.1. The molecule has 0 bridgehead atoms. The van der Waals surface area contributed by atoms with E-state index in [2.05, 4.69) is 15.9 Å². The van der Waals surface area contributed by atoms with Crippen molar-refractivity contribution in [1.29, 1.82) is 0 Å². The van der Waals surface area contributed by atoms with E-state index in [1.807, 2.05) is 6.92 Å². The van der Waals surface area contributed by atoms with E-state index in [4.69, 9.17) is 5.11 Å². The van der Waals surface area contributed by atoms with Crippen molar-refractivity contribution in [1.82, 2.24) is 4.31 Å². The minimum Gasteiger partial charge on any atom is -0.478 e. The van der Waals surface area contributed by atoms with E-state index in [0.29, 0.717) is 11.0 Å². The summed E-state index contributed by atoms with van der Waals surface area (Å²) in [6.45, 7) is 2.39. The van der Waals surface area contributed by atoms with Gasteiger partial charge in [0.2, 0.25) is 10.0 Å². The maximum atomic E-state index is 12.6. The first-order chi connectivity index (χ1) is 9.37. The van der Waals surface area contributed by atoms with Gasteiger partial charge in [-0.2, -0.15) is 4.31 Å². The summed E-state index contributed by atoms with van der Waals surface area (Å²) in [7, 11) is -3.62. The second-order valence-corrected chi connectivity index (χ2v) is 7.54. The standard InChI is InChI=1S/C13H16BrNO4S/c1-2-7-15(9-3-4-9)20(18,19)10-5-6-12(14)11(8-10)13(16)17/h5-6,8-9H,2-4,7H2,1H3,(H,16,17). The molecule has 2 rings (SSSR count). The number of hydrogen-bond acceptors (Lipinski definition) is 3. The van der Waals surface area contributed by atoms with E-state index in [-0.39, 0.29) is 16.5 Å². The molecule has 0 atom stereocenters. The summed E-state index contributed by atoms with van der Waals surface area (Å²) in [5.41, 5.74) is -0.0432. The van der Waals surface area contributed by atoms with Gasteiger partial charge in [0, 0.05) is 17.1 Å². The quantitative estimate of drug-likeness (QED) is 0.844. The lowest BCUT2D eigenvalue weighted by Gasteiger charge is -2.21. The number of nitrogens with zero attached hydrogens (tertiary/aromatic N) is 1. The van der Waals surface area contributed by atoms with Gasteiger partial charge in [-0.05, 0) is 53.4 Å². The molecule has 7 heteroatoms. The van der Waals surface area contributed by atoms with Crippen LogP contribution in [0.5, 0.6) is 0 Å². The maximum absolute atomic E-state index is 12.6. The van der Waals surface area contributed by atoms with E-state index in [1.165, 1.54) is 22.5 Å². The third-order valence-corrected chi connectivity index (χ3v) is 5.81. The van der Waals surface area contributed by atoms with Crippen molar-refractivity contribution < 1.29 is 18.3 Å². The number of carbonyl (C=O) groups is 1. The van der Waals surface area contributed by atoms with Crippen LogP contribution in [0.1, 0.15) is 36.5 Å². The first-order valence-electron chi connectivity index (χ1n) is 6.42. The molecule has 1 fully saturated rings. The molecule has 1 aliphatic rings. The molecule has 0 aromatic heterocycles. The summed E-state index contributed by atoms with van der Waals surface area (Å²) in [6.07, 6.45) is 2.49. The van der Waals surface area contributed by atoms with Gasteiger partial charge in [0.15, 0.2) is 0 Å². The fraction of sp³-hybridized carbons (Fsp3) is 0.462. The summed E-state index contributed by atoms with van der Waals surface area (Å²) >= 11 is 3.12. The molecule has 110 valence electrons. The van der Waals surface area contributed by atoms with Crippen LogP contribution in [0.25, 0.3) is 0 Å². The molecule has 5 nitrogen and oxygen atoms in total. The zero-order valence-corrected chi connectivity index (χ0v) is 13.4. The van der Waals surface area contributed by atoms with Crippen LogP contribution in [-0.4, -0.2) is 36.4 Å². The van der Waals surface area contributed by atoms with Crippen molar-refractivity contribution >= 4 is 31.9 Å². The maximum Gasteiger partial charge on any atom is 0.336 e. The van der Waals surface area contributed by atoms with Crippen LogP contribution in [0.4, 0.5) is 0 Å². The number of aromatic carboxylic acids is 1. The zero-order valence-electron chi connectivity index (χ0n) is 11.0. The Morgan fingerprint density at radius 1 is 1.45 bits per heavy atom. The number of benzene rings is 1.